The van der Waals surface area contributed by atoms with Crippen molar-refractivity contribution in [3.8, 4) is 34.3 Å². The zero-order valence-corrected chi connectivity index (χ0v) is 21.5. The van der Waals surface area contributed by atoms with Gasteiger partial charge in [0.05, 0.1) is 0 Å². The number of rotatable bonds is 5. The Labute approximate surface area is 210 Å². The van der Waals surface area contributed by atoms with Gasteiger partial charge < -0.3 is 24.5 Å². The van der Waals surface area contributed by atoms with Gasteiger partial charge in [0, 0.05) is 22.3 Å². The molecule has 1 aliphatic heterocycles. The second-order valence-corrected chi connectivity index (χ2v) is 10.2. The third kappa shape index (κ3) is 4.63. The summed E-state index contributed by atoms with van der Waals surface area (Å²) in [5.74, 6) is -0.599. The molecule has 1 aliphatic rings. The van der Waals surface area contributed by atoms with E-state index in [1.807, 2.05) is 71.9 Å². The van der Waals surface area contributed by atoms with E-state index in [4.69, 9.17) is 9.15 Å². The van der Waals surface area contributed by atoms with E-state index in [9.17, 15) is 20.1 Å². The number of ether oxygens (including phenoxy) is 1. The molecule has 2 heterocycles. The Morgan fingerprint density at radius 2 is 1.56 bits per heavy atom. The van der Waals surface area contributed by atoms with Crippen LogP contribution in [0.5, 0.6) is 23.0 Å². The molecule has 0 aliphatic carbocycles. The average Bonchev–Trinajstić information content (AvgIpc) is 2.79. The van der Waals surface area contributed by atoms with Gasteiger partial charge in [-0.05, 0) is 66.5 Å². The molecule has 0 saturated heterocycles. The van der Waals surface area contributed by atoms with Crippen LogP contribution in [0.3, 0.4) is 0 Å². The molecule has 0 radical (unpaired) electrons. The van der Waals surface area contributed by atoms with Crippen LogP contribution in [0.2, 0.25) is 0 Å². The van der Waals surface area contributed by atoms with Gasteiger partial charge in [0.15, 0.2) is 5.76 Å². The van der Waals surface area contributed by atoms with Crippen molar-refractivity contribution in [2.24, 2.45) is 0 Å². The molecule has 0 saturated carbocycles. The highest BCUT2D eigenvalue weighted by atomic mass is 16.5. The van der Waals surface area contributed by atoms with Crippen molar-refractivity contribution in [1.29, 1.82) is 0 Å². The van der Waals surface area contributed by atoms with E-state index < -0.39 is 22.5 Å². The highest BCUT2D eigenvalue weighted by Gasteiger charge is 2.27. The number of allylic oxidation sites excluding steroid dienone is 4. The third-order valence-electron chi connectivity index (χ3n) is 6.20. The number of aromatic hydroxyl groups is 3. The minimum absolute atomic E-state index is 0.0418. The van der Waals surface area contributed by atoms with Gasteiger partial charge in [0.25, 0.3) is 0 Å². The number of hydrogen-bond donors (Lipinski definition) is 3. The quantitative estimate of drug-likeness (QED) is 0.342. The summed E-state index contributed by atoms with van der Waals surface area (Å²) in [4.78, 5) is 13.4. The van der Waals surface area contributed by atoms with Crippen molar-refractivity contribution in [3.63, 3.8) is 0 Å². The fraction of sp³-hybridized carbons (Fsp3) is 0.300. The predicted octanol–water partition coefficient (Wildman–Crippen LogP) is 6.78. The first-order chi connectivity index (χ1) is 16.9. The molecule has 0 atom stereocenters. The Bertz CT molecular complexity index is 1510. The monoisotopic (exact) mass is 488 g/mol. The van der Waals surface area contributed by atoms with Gasteiger partial charge in [0.2, 0.25) is 11.2 Å². The molecule has 3 N–H and O–H groups in total. The number of hydrogen-bond acceptors (Lipinski definition) is 6. The first-order valence-corrected chi connectivity index (χ1v) is 11.9. The number of fused-ring (bicyclic) bond motifs is 2. The number of phenols is 2. The minimum Gasteiger partial charge on any atom is -0.507 e. The molecular formula is C30H32O6. The summed E-state index contributed by atoms with van der Waals surface area (Å²) in [6.07, 6.45) is 8.18. The Kier molecular flexibility index (Phi) is 6.48. The van der Waals surface area contributed by atoms with Crippen molar-refractivity contribution in [3.05, 3.63) is 74.5 Å². The Morgan fingerprint density at radius 1 is 0.917 bits per heavy atom. The molecule has 3 aromatic rings. The molecule has 6 heteroatoms. The van der Waals surface area contributed by atoms with E-state index in [-0.39, 0.29) is 40.9 Å². The van der Waals surface area contributed by atoms with E-state index in [1.54, 1.807) is 12.1 Å². The lowest BCUT2D eigenvalue weighted by Crippen LogP contribution is -2.27. The van der Waals surface area contributed by atoms with Crippen LogP contribution in [0, 0.1) is 0 Å². The molecule has 6 nitrogen and oxygen atoms in total. The van der Waals surface area contributed by atoms with Gasteiger partial charge in [-0.1, -0.05) is 41.5 Å². The second-order valence-electron chi connectivity index (χ2n) is 10.2. The van der Waals surface area contributed by atoms with E-state index in [1.165, 1.54) is 0 Å². The van der Waals surface area contributed by atoms with Crippen molar-refractivity contribution in [1.82, 2.24) is 0 Å². The van der Waals surface area contributed by atoms with Crippen molar-refractivity contribution in [2.75, 3.05) is 0 Å². The lowest BCUT2D eigenvalue weighted by Gasteiger charge is -2.28. The summed E-state index contributed by atoms with van der Waals surface area (Å²) in [5.41, 5.74) is 2.69. The van der Waals surface area contributed by atoms with Crippen LogP contribution in [-0.2, 0) is 12.8 Å². The van der Waals surface area contributed by atoms with Gasteiger partial charge in [-0.15, -0.1) is 0 Å². The van der Waals surface area contributed by atoms with Gasteiger partial charge in [-0.25, -0.2) is 0 Å². The second kappa shape index (κ2) is 9.26. The summed E-state index contributed by atoms with van der Waals surface area (Å²) in [6.45, 7) is 11.5. The maximum Gasteiger partial charge on any atom is 0.238 e. The van der Waals surface area contributed by atoms with Gasteiger partial charge >= 0.3 is 0 Å². The first-order valence-electron chi connectivity index (χ1n) is 11.9. The number of phenolic OH excluding ortho intramolecular Hbond substituents is 2. The molecule has 36 heavy (non-hydrogen) atoms. The van der Waals surface area contributed by atoms with Crippen LogP contribution in [0.15, 0.2) is 56.8 Å². The number of benzene rings is 2. The summed E-state index contributed by atoms with van der Waals surface area (Å²) >= 11 is 0. The van der Waals surface area contributed by atoms with E-state index in [0.717, 1.165) is 16.7 Å². The fourth-order valence-corrected chi connectivity index (χ4v) is 4.21. The Hall–Kier alpha value is -3.93. The molecule has 1 aromatic heterocycles. The molecule has 0 amide bonds. The van der Waals surface area contributed by atoms with Crippen LogP contribution < -0.4 is 10.2 Å². The molecule has 0 fully saturated rings. The summed E-state index contributed by atoms with van der Waals surface area (Å²) in [5, 5.41) is 32.9. The van der Waals surface area contributed by atoms with Crippen LogP contribution in [0.25, 0.3) is 28.4 Å². The standard InChI is InChI=1S/C30H32O6/c1-16(2)7-11-20-24(31)21(12-8-17(3)4)29-23(25(20)32)26(33)27(34)28(35-29)19-10-9-18-13-14-30(5,6)36-22(18)15-19/h7-10,13-15,31-32,34H,11-12H2,1-6H3. The molecule has 0 bridgehead atoms. The Balaban J connectivity index is 2.01. The summed E-state index contributed by atoms with van der Waals surface area (Å²) in [6, 6.07) is 5.26. The zero-order valence-electron chi connectivity index (χ0n) is 21.5. The lowest BCUT2D eigenvalue weighted by atomic mass is 9.96. The van der Waals surface area contributed by atoms with Gasteiger partial charge in [-0.3, -0.25) is 4.79 Å². The molecule has 0 spiro atoms. The van der Waals surface area contributed by atoms with Crippen molar-refractivity contribution in [2.45, 2.75) is 60.0 Å². The highest BCUT2D eigenvalue weighted by Crippen LogP contribution is 2.43. The largest absolute Gasteiger partial charge is 0.507 e. The predicted molar refractivity (Wildman–Crippen MR) is 143 cm³/mol. The molecule has 4 rings (SSSR count). The minimum atomic E-state index is -0.764. The summed E-state index contributed by atoms with van der Waals surface area (Å²) < 4.78 is 12.2. The smallest absolute Gasteiger partial charge is 0.238 e. The maximum atomic E-state index is 13.4. The normalized spacial score (nSPS) is 13.7. The third-order valence-corrected chi connectivity index (χ3v) is 6.20. The van der Waals surface area contributed by atoms with E-state index in [2.05, 4.69) is 0 Å². The van der Waals surface area contributed by atoms with Crippen LogP contribution >= 0.6 is 0 Å². The van der Waals surface area contributed by atoms with Crippen molar-refractivity contribution < 1.29 is 24.5 Å². The van der Waals surface area contributed by atoms with E-state index >= 15 is 0 Å². The zero-order chi connectivity index (χ0) is 26.4. The maximum absolute atomic E-state index is 13.4. The van der Waals surface area contributed by atoms with E-state index in [0.29, 0.717) is 16.9 Å². The van der Waals surface area contributed by atoms with Gasteiger partial charge in [-0.2, -0.15) is 0 Å². The first kappa shape index (κ1) is 25.2. The molecular weight excluding hydrogens is 456 g/mol. The average molecular weight is 489 g/mol. The van der Waals surface area contributed by atoms with Crippen LogP contribution in [0.4, 0.5) is 0 Å². The molecule has 2 aromatic carbocycles. The molecule has 0 unspecified atom stereocenters. The Morgan fingerprint density at radius 3 is 2.19 bits per heavy atom. The van der Waals surface area contributed by atoms with Gasteiger partial charge in [0.1, 0.15) is 33.8 Å². The van der Waals surface area contributed by atoms with Crippen LogP contribution in [-0.4, -0.2) is 20.9 Å². The lowest BCUT2D eigenvalue weighted by molar-refractivity contribution is 0.159. The molecule has 188 valence electrons. The van der Waals surface area contributed by atoms with Crippen LogP contribution in [0.1, 0.15) is 58.2 Å². The summed E-state index contributed by atoms with van der Waals surface area (Å²) in [7, 11) is 0. The SMILES string of the molecule is CC(C)=CCc1c(O)c(CC=C(C)C)c2oc(-c3ccc4c(c3)OC(C)(C)C=C4)c(O)c(=O)c2c1O. The highest BCUT2D eigenvalue weighted by molar-refractivity contribution is 5.93. The topological polar surface area (TPSA) is 100 Å². The van der Waals surface area contributed by atoms with Crippen molar-refractivity contribution >= 4 is 17.0 Å². The fourth-order valence-electron chi connectivity index (χ4n) is 4.21.